The van der Waals surface area contributed by atoms with E-state index in [9.17, 15) is 0 Å². The van der Waals surface area contributed by atoms with Crippen LogP contribution in [0.2, 0.25) is 6.04 Å². The highest BCUT2D eigenvalue weighted by Gasteiger charge is 2.51. The molecular weight excluding hydrogens is 272 g/mol. The molecule has 0 bridgehead atoms. The van der Waals surface area contributed by atoms with Gasteiger partial charge in [0.05, 0.1) is 13.2 Å². The van der Waals surface area contributed by atoms with E-state index in [0.717, 1.165) is 64.8 Å². The third kappa shape index (κ3) is 5.11. The quantitative estimate of drug-likeness (QED) is 0.516. The van der Waals surface area contributed by atoms with Gasteiger partial charge in [0.15, 0.2) is 0 Å². The van der Waals surface area contributed by atoms with Gasteiger partial charge in [0, 0.05) is 31.3 Å². The molecule has 0 unspecified atom stereocenters. The van der Waals surface area contributed by atoms with Gasteiger partial charge in [-0.1, -0.05) is 27.7 Å². The van der Waals surface area contributed by atoms with E-state index < -0.39 is 8.80 Å². The molecule has 1 aliphatic rings. The maximum Gasteiger partial charge on any atom is 0.501 e. The second-order valence-electron chi connectivity index (χ2n) is 5.75. The first kappa shape index (κ1) is 18.1. The molecule has 1 rings (SSSR count). The van der Waals surface area contributed by atoms with Crippen LogP contribution in [0.5, 0.6) is 0 Å². The Morgan fingerprint density at radius 1 is 0.850 bits per heavy atom. The molecule has 0 aliphatic carbocycles. The summed E-state index contributed by atoms with van der Waals surface area (Å²) in [6, 6.07) is 0.899. The lowest BCUT2D eigenvalue weighted by molar-refractivity contribution is -0.113. The summed E-state index contributed by atoms with van der Waals surface area (Å²) in [5, 5.41) is 0. The minimum Gasteiger partial charge on any atom is -0.380 e. The zero-order chi connectivity index (χ0) is 14.9. The third-order valence-electron chi connectivity index (χ3n) is 3.74. The summed E-state index contributed by atoms with van der Waals surface area (Å²) in [6.07, 6.45) is 4.09. The van der Waals surface area contributed by atoms with Crippen LogP contribution in [-0.4, -0.2) is 41.8 Å². The van der Waals surface area contributed by atoms with Crippen LogP contribution in [0.15, 0.2) is 0 Å². The Hall–Kier alpha value is 0.0569. The Labute approximate surface area is 125 Å². The fourth-order valence-electron chi connectivity index (χ4n) is 2.33. The molecule has 1 fully saturated rings. The van der Waals surface area contributed by atoms with E-state index in [1.807, 2.05) is 0 Å². The van der Waals surface area contributed by atoms with Gasteiger partial charge >= 0.3 is 8.80 Å². The molecule has 0 spiro atoms. The molecule has 1 saturated heterocycles. The monoisotopic (exact) mass is 304 g/mol. The van der Waals surface area contributed by atoms with Crippen LogP contribution < -0.4 is 0 Å². The van der Waals surface area contributed by atoms with Gasteiger partial charge in [0.25, 0.3) is 0 Å². The third-order valence-corrected chi connectivity index (χ3v) is 6.85. The Morgan fingerprint density at radius 2 is 1.30 bits per heavy atom. The molecule has 0 radical (unpaired) electrons. The summed E-state index contributed by atoms with van der Waals surface area (Å²) in [5.41, 5.74) is 0.210. The molecule has 0 saturated carbocycles. The van der Waals surface area contributed by atoms with Gasteiger partial charge in [-0.05, 0) is 25.7 Å². The van der Waals surface area contributed by atoms with Crippen molar-refractivity contribution in [2.75, 3.05) is 33.0 Å². The van der Waals surface area contributed by atoms with E-state index in [1.165, 1.54) is 0 Å². The average molecular weight is 305 g/mol. The van der Waals surface area contributed by atoms with Crippen molar-refractivity contribution in [1.82, 2.24) is 0 Å². The maximum absolute atomic E-state index is 6.16. The molecule has 5 heteroatoms. The summed E-state index contributed by atoms with van der Waals surface area (Å²) < 4.78 is 23.9. The Morgan fingerprint density at radius 3 is 1.55 bits per heavy atom. The second-order valence-corrected chi connectivity index (χ2v) is 8.34. The van der Waals surface area contributed by atoms with Crippen molar-refractivity contribution in [3.63, 3.8) is 0 Å². The van der Waals surface area contributed by atoms with Crippen molar-refractivity contribution in [2.24, 2.45) is 5.41 Å². The van der Waals surface area contributed by atoms with Crippen molar-refractivity contribution in [3.8, 4) is 0 Å². The van der Waals surface area contributed by atoms with Crippen LogP contribution in [0.1, 0.15) is 53.4 Å². The summed E-state index contributed by atoms with van der Waals surface area (Å²) in [4.78, 5) is 0. The molecule has 0 aromatic heterocycles. The fourth-order valence-corrected chi connectivity index (χ4v) is 5.81. The fraction of sp³-hybridized carbons (Fsp3) is 1.00. The number of rotatable bonds is 12. The van der Waals surface area contributed by atoms with Crippen LogP contribution in [0.3, 0.4) is 0 Å². The van der Waals surface area contributed by atoms with Crippen molar-refractivity contribution in [3.05, 3.63) is 0 Å². The molecule has 0 aromatic carbocycles. The largest absolute Gasteiger partial charge is 0.501 e. The highest BCUT2D eigenvalue weighted by molar-refractivity contribution is 6.61. The molecule has 4 nitrogen and oxygen atoms in total. The Kier molecular flexibility index (Phi) is 8.29. The molecule has 120 valence electrons. The van der Waals surface area contributed by atoms with Crippen LogP contribution >= 0.6 is 0 Å². The first-order valence-corrected chi connectivity index (χ1v) is 10.1. The molecule has 0 amide bonds. The van der Waals surface area contributed by atoms with Gasteiger partial charge in [0.1, 0.15) is 0 Å². The molecular formula is C15H32O4Si. The van der Waals surface area contributed by atoms with Crippen LogP contribution in [0.4, 0.5) is 0 Å². The zero-order valence-electron chi connectivity index (χ0n) is 13.7. The number of hydrogen-bond acceptors (Lipinski definition) is 4. The summed E-state index contributed by atoms with van der Waals surface area (Å²) in [7, 11) is -2.56. The smallest absolute Gasteiger partial charge is 0.380 e. The van der Waals surface area contributed by atoms with Crippen LogP contribution in [0.25, 0.3) is 0 Å². The second kappa shape index (κ2) is 9.15. The van der Waals surface area contributed by atoms with Gasteiger partial charge in [-0.2, -0.15) is 0 Å². The lowest BCUT2D eigenvalue weighted by Crippen LogP contribution is -2.55. The molecule has 1 aliphatic heterocycles. The lowest BCUT2D eigenvalue weighted by atomic mass is 9.85. The zero-order valence-corrected chi connectivity index (χ0v) is 14.7. The molecule has 0 aromatic rings. The van der Waals surface area contributed by atoms with Crippen molar-refractivity contribution < 1.29 is 18.0 Å². The van der Waals surface area contributed by atoms with Crippen molar-refractivity contribution >= 4 is 8.80 Å². The minimum atomic E-state index is -2.56. The van der Waals surface area contributed by atoms with Gasteiger partial charge in [-0.3, -0.25) is 0 Å². The molecule has 0 atom stereocenters. The standard InChI is InChI=1S/C15H32O4Si/c1-5-9-17-20(18-10-6-2,19-11-7-3)14-15(8-4)12-16-13-15/h5-14H2,1-4H3. The summed E-state index contributed by atoms with van der Waals surface area (Å²) in [6.45, 7) is 12.4. The van der Waals surface area contributed by atoms with Gasteiger partial charge in [-0.25, -0.2) is 0 Å². The number of ether oxygens (including phenoxy) is 1. The maximum atomic E-state index is 6.16. The first-order valence-electron chi connectivity index (χ1n) is 8.15. The first-order chi connectivity index (χ1) is 9.66. The predicted octanol–water partition coefficient (Wildman–Crippen LogP) is 3.63. The van der Waals surface area contributed by atoms with E-state index in [4.69, 9.17) is 18.0 Å². The molecule has 1 heterocycles. The predicted molar refractivity (Wildman–Crippen MR) is 82.8 cm³/mol. The highest BCUT2D eigenvalue weighted by atomic mass is 28.4. The lowest BCUT2D eigenvalue weighted by Gasteiger charge is -2.45. The average Bonchev–Trinajstić information content (AvgIpc) is 2.44. The van der Waals surface area contributed by atoms with Crippen LogP contribution in [0, 0.1) is 5.41 Å². The Bertz CT molecular complexity index is 229. The van der Waals surface area contributed by atoms with E-state index in [2.05, 4.69) is 27.7 Å². The van der Waals surface area contributed by atoms with E-state index in [-0.39, 0.29) is 5.41 Å². The van der Waals surface area contributed by atoms with E-state index >= 15 is 0 Å². The Balaban J connectivity index is 2.75. The van der Waals surface area contributed by atoms with Crippen molar-refractivity contribution in [2.45, 2.75) is 59.4 Å². The van der Waals surface area contributed by atoms with E-state index in [1.54, 1.807) is 0 Å². The molecule has 20 heavy (non-hydrogen) atoms. The summed E-state index contributed by atoms with van der Waals surface area (Å²) >= 11 is 0. The minimum absolute atomic E-state index is 0.210. The van der Waals surface area contributed by atoms with Gasteiger partial charge in [-0.15, -0.1) is 0 Å². The molecule has 0 N–H and O–H groups in total. The van der Waals surface area contributed by atoms with Crippen LogP contribution in [-0.2, 0) is 18.0 Å². The summed E-state index contributed by atoms with van der Waals surface area (Å²) in [5.74, 6) is 0. The normalized spacial score (nSPS) is 18.0. The SMILES string of the molecule is CCCO[Si](CC1(CC)COC1)(OCCC)OCCC. The highest BCUT2D eigenvalue weighted by Crippen LogP contribution is 2.40. The van der Waals surface area contributed by atoms with Gasteiger partial charge in [0.2, 0.25) is 0 Å². The van der Waals surface area contributed by atoms with Crippen molar-refractivity contribution in [1.29, 1.82) is 0 Å². The van der Waals surface area contributed by atoms with Gasteiger partial charge < -0.3 is 18.0 Å². The topological polar surface area (TPSA) is 36.9 Å². The number of hydrogen-bond donors (Lipinski definition) is 0. The van der Waals surface area contributed by atoms with E-state index in [0.29, 0.717) is 0 Å².